The maximum Gasteiger partial charge on any atom is 0.128 e. The lowest BCUT2D eigenvalue weighted by Gasteiger charge is -2.26. The van der Waals surface area contributed by atoms with Crippen LogP contribution in [0.2, 0.25) is 0 Å². The number of rotatable bonds is 7. The van der Waals surface area contributed by atoms with Gasteiger partial charge in [-0.15, -0.1) is 0 Å². The fraction of sp³-hybridized carbons (Fsp3) is 0.667. The molecule has 1 saturated carbocycles. The molecule has 1 fully saturated rings. The molecule has 2 rings (SSSR count). The number of hydrogen-bond donors (Lipinski definition) is 1. The monoisotopic (exact) mass is 247 g/mol. The summed E-state index contributed by atoms with van der Waals surface area (Å²) in [5, 5.41) is 3.40. The SMILES string of the molecule is CCCNCc1ccc(N(C)C(C)C2CC2)nc1. The Balaban J connectivity index is 1.89. The Bertz CT molecular complexity index is 357. The molecule has 0 spiro atoms. The normalized spacial score (nSPS) is 16.6. The molecule has 100 valence electrons. The van der Waals surface area contributed by atoms with Gasteiger partial charge in [0.2, 0.25) is 0 Å². The molecule has 1 aliphatic rings. The molecule has 1 aromatic heterocycles. The van der Waals surface area contributed by atoms with Crippen LogP contribution in [0.1, 0.15) is 38.7 Å². The summed E-state index contributed by atoms with van der Waals surface area (Å²) in [6.07, 6.45) is 5.93. The first-order valence-corrected chi connectivity index (χ1v) is 7.11. The van der Waals surface area contributed by atoms with E-state index in [9.17, 15) is 0 Å². The van der Waals surface area contributed by atoms with E-state index in [2.05, 4.69) is 48.2 Å². The zero-order valence-corrected chi connectivity index (χ0v) is 11.8. The second-order valence-corrected chi connectivity index (χ2v) is 5.39. The molecule has 1 aliphatic carbocycles. The van der Waals surface area contributed by atoms with E-state index in [-0.39, 0.29) is 0 Å². The Labute approximate surface area is 111 Å². The lowest BCUT2D eigenvalue weighted by Crippen LogP contribution is -2.31. The largest absolute Gasteiger partial charge is 0.357 e. The quantitative estimate of drug-likeness (QED) is 0.751. The molecule has 1 heterocycles. The van der Waals surface area contributed by atoms with Gasteiger partial charge in [0, 0.05) is 25.8 Å². The number of nitrogens with zero attached hydrogens (tertiary/aromatic N) is 2. The Morgan fingerprint density at radius 2 is 2.22 bits per heavy atom. The summed E-state index contributed by atoms with van der Waals surface area (Å²) in [4.78, 5) is 6.88. The Morgan fingerprint density at radius 1 is 1.44 bits per heavy atom. The van der Waals surface area contributed by atoms with Crippen molar-refractivity contribution < 1.29 is 0 Å². The maximum absolute atomic E-state index is 4.57. The van der Waals surface area contributed by atoms with Crippen molar-refractivity contribution in [3.05, 3.63) is 23.9 Å². The predicted octanol–water partition coefficient (Wildman–Crippen LogP) is 2.82. The van der Waals surface area contributed by atoms with Crippen molar-refractivity contribution in [1.29, 1.82) is 0 Å². The van der Waals surface area contributed by atoms with Crippen molar-refractivity contribution in [1.82, 2.24) is 10.3 Å². The van der Waals surface area contributed by atoms with E-state index in [1.54, 1.807) is 0 Å². The van der Waals surface area contributed by atoms with E-state index in [0.29, 0.717) is 6.04 Å². The molecule has 18 heavy (non-hydrogen) atoms. The van der Waals surface area contributed by atoms with Crippen LogP contribution in [0.3, 0.4) is 0 Å². The van der Waals surface area contributed by atoms with Gasteiger partial charge < -0.3 is 10.2 Å². The van der Waals surface area contributed by atoms with Crippen LogP contribution in [0.15, 0.2) is 18.3 Å². The summed E-state index contributed by atoms with van der Waals surface area (Å²) >= 11 is 0. The van der Waals surface area contributed by atoms with Gasteiger partial charge in [-0.25, -0.2) is 4.98 Å². The van der Waals surface area contributed by atoms with Crippen molar-refractivity contribution in [3.8, 4) is 0 Å². The van der Waals surface area contributed by atoms with Crippen molar-refractivity contribution in [3.63, 3.8) is 0 Å². The highest BCUT2D eigenvalue weighted by molar-refractivity contribution is 5.39. The third-order valence-corrected chi connectivity index (χ3v) is 3.84. The molecule has 0 aliphatic heterocycles. The molecule has 0 amide bonds. The Kier molecular flexibility index (Phi) is 4.59. The Hall–Kier alpha value is -1.09. The highest BCUT2D eigenvalue weighted by Gasteiger charge is 2.30. The second kappa shape index (κ2) is 6.19. The zero-order chi connectivity index (χ0) is 13.0. The summed E-state index contributed by atoms with van der Waals surface area (Å²) < 4.78 is 0. The van der Waals surface area contributed by atoms with Crippen LogP contribution in [0.25, 0.3) is 0 Å². The van der Waals surface area contributed by atoms with Crippen LogP contribution in [0, 0.1) is 5.92 Å². The smallest absolute Gasteiger partial charge is 0.128 e. The summed E-state index contributed by atoms with van der Waals surface area (Å²) in [5.41, 5.74) is 1.26. The van der Waals surface area contributed by atoms with Gasteiger partial charge in [-0.3, -0.25) is 0 Å². The van der Waals surface area contributed by atoms with E-state index < -0.39 is 0 Å². The van der Waals surface area contributed by atoms with Gasteiger partial charge >= 0.3 is 0 Å². The minimum atomic E-state index is 0.613. The molecule has 1 unspecified atom stereocenters. The highest BCUT2D eigenvalue weighted by atomic mass is 15.2. The first-order chi connectivity index (χ1) is 8.72. The van der Waals surface area contributed by atoms with Gasteiger partial charge in [-0.1, -0.05) is 13.0 Å². The van der Waals surface area contributed by atoms with Gasteiger partial charge in [0.25, 0.3) is 0 Å². The van der Waals surface area contributed by atoms with Gasteiger partial charge in [-0.05, 0) is 50.3 Å². The van der Waals surface area contributed by atoms with Crippen LogP contribution < -0.4 is 10.2 Å². The van der Waals surface area contributed by atoms with E-state index in [0.717, 1.165) is 24.8 Å². The van der Waals surface area contributed by atoms with E-state index in [1.807, 2.05) is 6.20 Å². The van der Waals surface area contributed by atoms with E-state index in [4.69, 9.17) is 0 Å². The maximum atomic E-state index is 4.57. The lowest BCUT2D eigenvalue weighted by molar-refractivity contribution is 0.603. The summed E-state index contributed by atoms with van der Waals surface area (Å²) in [5.74, 6) is 1.97. The molecule has 3 heteroatoms. The molecule has 0 aromatic carbocycles. The topological polar surface area (TPSA) is 28.2 Å². The van der Waals surface area contributed by atoms with E-state index in [1.165, 1.54) is 24.8 Å². The lowest BCUT2D eigenvalue weighted by atomic mass is 10.2. The number of hydrogen-bond acceptors (Lipinski definition) is 3. The van der Waals surface area contributed by atoms with Crippen LogP contribution in [-0.4, -0.2) is 24.6 Å². The molecule has 1 N–H and O–H groups in total. The number of nitrogens with one attached hydrogen (secondary N) is 1. The third kappa shape index (κ3) is 3.45. The van der Waals surface area contributed by atoms with Gasteiger partial charge in [0.15, 0.2) is 0 Å². The average molecular weight is 247 g/mol. The van der Waals surface area contributed by atoms with Gasteiger partial charge in [0.05, 0.1) is 0 Å². The van der Waals surface area contributed by atoms with Crippen LogP contribution >= 0.6 is 0 Å². The number of anilines is 1. The first-order valence-electron chi connectivity index (χ1n) is 7.11. The summed E-state index contributed by atoms with van der Waals surface area (Å²) in [6, 6.07) is 4.93. The fourth-order valence-corrected chi connectivity index (χ4v) is 2.24. The van der Waals surface area contributed by atoms with Gasteiger partial charge in [0.1, 0.15) is 5.82 Å². The van der Waals surface area contributed by atoms with Crippen LogP contribution in [-0.2, 0) is 6.54 Å². The summed E-state index contributed by atoms with van der Waals surface area (Å²) in [7, 11) is 2.15. The molecular weight excluding hydrogens is 222 g/mol. The molecule has 0 bridgehead atoms. The molecule has 0 saturated heterocycles. The standard InChI is InChI=1S/C15H25N3/c1-4-9-16-10-13-5-8-15(17-11-13)18(3)12(2)14-6-7-14/h5,8,11-12,14,16H,4,6-7,9-10H2,1-3H3. The second-order valence-electron chi connectivity index (χ2n) is 5.39. The van der Waals surface area contributed by atoms with Crippen molar-refractivity contribution in [2.75, 3.05) is 18.5 Å². The molecule has 0 radical (unpaired) electrons. The molecular formula is C15H25N3. The zero-order valence-electron chi connectivity index (χ0n) is 11.8. The highest BCUT2D eigenvalue weighted by Crippen LogP contribution is 2.35. The molecule has 1 atom stereocenters. The fourth-order valence-electron chi connectivity index (χ4n) is 2.24. The minimum Gasteiger partial charge on any atom is -0.357 e. The first kappa shape index (κ1) is 13.3. The molecule has 3 nitrogen and oxygen atoms in total. The van der Waals surface area contributed by atoms with Crippen molar-refractivity contribution in [2.24, 2.45) is 5.92 Å². The van der Waals surface area contributed by atoms with Gasteiger partial charge in [-0.2, -0.15) is 0 Å². The van der Waals surface area contributed by atoms with Crippen molar-refractivity contribution >= 4 is 5.82 Å². The van der Waals surface area contributed by atoms with Crippen LogP contribution in [0.4, 0.5) is 5.82 Å². The predicted molar refractivity (Wildman–Crippen MR) is 76.8 cm³/mol. The summed E-state index contributed by atoms with van der Waals surface area (Å²) in [6.45, 7) is 6.47. The van der Waals surface area contributed by atoms with Crippen LogP contribution in [0.5, 0.6) is 0 Å². The molecule has 1 aromatic rings. The third-order valence-electron chi connectivity index (χ3n) is 3.84. The minimum absolute atomic E-state index is 0.613. The number of pyridine rings is 1. The number of aromatic nitrogens is 1. The Morgan fingerprint density at radius 3 is 2.78 bits per heavy atom. The van der Waals surface area contributed by atoms with E-state index >= 15 is 0 Å². The van der Waals surface area contributed by atoms with Crippen molar-refractivity contribution in [2.45, 2.75) is 45.7 Å². The average Bonchev–Trinajstić information content (AvgIpc) is 3.22.